The summed E-state index contributed by atoms with van der Waals surface area (Å²) in [7, 11) is 0. The summed E-state index contributed by atoms with van der Waals surface area (Å²) >= 11 is 3.03. The predicted molar refractivity (Wildman–Crippen MR) is 80.5 cm³/mol. The van der Waals surface area contributed by atoms with Gasteiger partial charge in [0.2, 0.25) is 11.0 Å². The summed E-state index contributed by atoms with van der Waals surface area (Å²) in [5.74, 6) is -0.174. The molecule has 0 saturated carbocycles. The number of hydrogen-bond donors (Lipinski definition) is 1. The fraction of sp³-hybridized carbons (Fsp3) is 0.308. The fourth-order valence-electron chi connectivity index (χ4n) is 1.42. The molecule has 0 radical (unpaired) electrons. The van der Waals surface area contributed by atoms with E-state index in [1.165, 1.54) is 17.4 Å². The Labute approximate surface area is 120 Å². The van der Waals surface area contributed by atoms with Crippen LogP contribution < -0.4 is 5.32 Å². The molecule has 100 valence electrons. The van der Waals surface area contributed by atoms with Gasteiger partial charge in [-0.2, -0.15) is 0 Å². The van der Waals surface area contributed by atoms with Crippen LogP contribution in [0.1, 0.15) is 29.7 Å². The second-order valence-electron chi connectivity index (χ2n) is 3.94. The van der Waals surface area contributed by atoms with Crippen molar-refractivity contribution in [3.8, 4) is 0 Å². The first-order valence-corrected chi connectivity index (χ1v) is 7.82. The molecular weight excluding hydrogens is 278 g/mol. The highest BCUT2D eigenvalue weighted by Gasteiger charge is 2.05. The van der Waals surface area contributed by atoms with E-state index in [1.54, 1.807) is 17.4 Å². The molecule has 0 aromatic carbocycles. The average molecular weight is 293 g/mol. The van der Waals surface area contributed by atoms with E-state index >= 15 is 0 Å². The minimum atomic E-state index is -0.174. The number of nitrogens with zero attached hydrogens (tertiary/aromatic N) is 2. The molecule has 0 spiro atoms. The van der Waals surface area contributed by atoms with Gasteiger partial charge >= 0.3 is 0 Å². The third-order valence-corrected chi connectivity index (χ3v) is 4.12. The number of rotatable bonds is 6. The van der Waals surface area contributed by atoms with Crippen molar-refractivity contribution in [2.45, 2.75) is 26.2 Å². The van der Waals surface area contributed by atoms with Crippen LogP contribution in [0.15, 0.2) is 23.6 Å². The summed E-state index contributed by atoms with van der Waals surface area (Å²) in [4.78, 5) is 12.7. The van der Waals surface area contributed by atoms with Crippen LogP contribution in [0.5, 0.6) is 0 Å². The summed E-state index contributed by atoms with van der Waals surface area (Å²) in [5, 5.41) is 14.2. The Kier molecular flexibility index (Phi) is 5.23. The van der Waals surface area contributed by atoms with Crippen LogP contribution >= 0.6 is 22.7 Å². The van der Waals surface area contributed by atoms with Crippen LogP contribution in [0.25, 0.3) is 6.08 Å². The topological polar surface area (TPSA) is 54.9 Å². The molecule has 2 heterocycles. The van der Waals surface area contributed by atoms with Crippen molar-refractivity contribution in [2.24, 2.45) is 0 Å². The van der Waals surface area contributed by atoms with E-state index in [4.69, 9.17) is 0 Å². The Morgan fingerprint density at radius 1 is 1.47 bits per heavy atom. The van der Waals surface area contributed by atoms with Gasteiger partial charge in [-0.1, -0.05) is 30.7 Å². The lowest BCUT2D eigenvalue weighted by Crippen LogP contribution is -2.07. The molecule has 19 heavy (non-hydrogen) atoms. The Bertz CT molecular complexity index is 546. The van der Waals surface area contributed by atoms with Crippen molar-refractivity contribution >= 4 is 39.8 Å². The van der Waals surface area contributed by atoms with Gasteiger partial charge in [0, 0.05) is 17.4 Å². The lowest BCUT2D eigenvalue weighted by molar-refractivity contribution is -0.111. The number of thiophene rings is 1. The molecule has 0 aliphatic carbocycles. The largest absolute Gasteiger partial charge is 0.297 e. The van der Waals surface area contributed by atoms with E-state index in [0.29, 0.717) is 5.13 Å². The Morgan fingerprint density at radius 3 is 3.11 bits per heavy atom. The molecule has 0 unspecified atom stereocenters. The highest BCUT2D eigenvalue weighted by Crippen LogP contribution is 2.17. The quantitative estimate of drug-likeness (QED) is 0.828. The van der Waals surface area contributed by atoms with Gasteiger partial charge in [0.05, 0.1) is 0 Å². The molecule has 4 nitrogen and oxygen atoms in total. The van der Waals surface area contributed by atoms with Crippen LogP contribution in [0, 0.1) is 0 Å². The molecule has 2 aromatic heterocycles. The van der Waals surface area contributed by atoms with E-state index in [0.717, 1.165) is 29.1 Å². The van der Waals surface area contributed by atoms with Gasteiger partial charge in [-0.3, -0.25) is 10.1 Å². The summed E-state index contributed by atoms with van der Waals surface area (Å²) in [5.41, 5.74) is 0. The van der Waals surface area contributed by atoms with Gasteiger partial charge in [-0.25, -0.2) is 0 Å². The van der Waals surface area contributed by atoms with Crippen LogP contribution in [0.4, 0.5) is 5.13 Å². The first-order valence-electron chi connectivity index (χ1n) is 6.13. The van der Waals surface area contributed by atoms with Crippen molar-refractivity contribution in [1.29, 1.82) is 0 Å². The molecule has 0 aliphatic rings. The van der Waals surface area contributed by atoms with Gasteiger partial charge < -0.3 is 0 Å². The third kappa shape index (κ3) is 4.57. The van der Waals surface area contributed by atoms with E-state index in [1.807, 2.05) is 17.5 Å². The third-order valence-electron chi connectivity index (χ3n) is 2.38. The first kappa shape index (κ1) is 13.9. The summed E-state index contributed by atoms with van der Waals surface area (Å²) in [6.45, 7) is 2.14. The molecule has 0 fully saturated rings. The van der Waals surface area contributed by atoms with Gasteiger partial charge in [-0.15, -0.1) is 21.5 Å². The number of unbranched alkanes of at least 4 members (excludes halogenated alkanes) is 1. The number of anilines is 1. The van der Waals surface area contributed by atoms with Crippen molar-refractivity contribution in [2.75, 3.05) is 5.32 Å². The zero-order chi connectivity index (χ0) is 13.5. The standard InChI is InChI=1S/C13H15N3OS2/c1-2-3-6-12-15-16-13(19-12)14-11(17)8-7-10-5-4-9-18-10/h4-5,7-9H,2-3,6H2,1H3,(H,14,16,17)/b8-7+. The van der Waals surface area contributed by atoms with Crippen molar-refractivity contribution in [1.82, 2.24) is 10.2 Å². The maximum atomic E-state index is 11.7. The van der Waals surface area contributed by atoms with Crippen molar-refractivity contribution in [3.05, 3.63) is 33.5 Å². The minimum absolute atomic E-state index is 0.174. The number of carbonyl (C=O) groups is 1. The molecule has 1 amide bonds. The summed E-state index contributed by atoms with van der Waals surface area (Å²) in [6.07, 6.45) is 6.46. The molecule has 6 heteroatoms. The van der Waals surface area contributed by atoms with Crippen molar-refractivity contribution < 1.29 is 4.79 Å². The maximum absolute atomic E-state index is 11.7. The molecule has 0 atom stereocenters. The lowest BCUT2D eigenvalue weighted by atomic mass is 10.3. The van der Waals surface area contributed by atoms with Crippen LogP contribution in [-0.2, 0) is 11.2 Å². The number of aryl methyl sites for hydroxylation is 1. The highest BCUT2D eigenvalue weighted by atomic mass is 32.1. The molecule has 2 rings (SSSR count). The Hall–Kier alpha value is -1.53. The predicted octanol–water partition coefficient (Wildman–Crippen LogP) is 3.59. The van der Waals surface area contributed by atoms with E-state index in [9.17, 15) is 4.79 Å². The molecular formula is C13H15N3OS2. The van der Waals surface area contributed by atoms with Gasteiger partial charge in [0.15, 0.2) is 0 Å². The van der Waals surface area contributed by atoms with Gasteiger partial charge in [0.1, 0.15) is 5.01 Å². The molecule has 0 aliphatic heterocycles. The molecule has 0 saturated heterocycles. The SMILES string of the molecule is CCCCc1nnc(NC(=O)/C=C/c2cccs2)s1. The Balaban J connectivity index is 1.86. The monoisotopic (exact) mass is 293 g/mol. The lowest BCUT2D eigenvalue weighted by Gasteiger charge is -1.93. The van der Waals surface area contributed by atoms with Gasteiger partial charge in [-0.05, 0) is 23.9 Å². The Morgan fingerprint density at radius 2 is 2.37 bits per heavy atom. The number of aromatic nitrogens is 2. The minimum Gasteiger partial charge on any atom is -0.297 e. The average Bonchev–Trinajstić information content (AvgIpc) is 3.05. The first-order chi connectivity index (χ1) is 9.28. The van der Waals surface area contributed by atoms with E-state index < -0.39 is 0 Å². The maximum Gasteiger partial charge on any atom is 0.250 e. The van der Waals surface area contributed by atoms with Crippen LogP contribution in [-0.4, -0.2) is 16.1 Å². The van der Waals surface area contributed by atoms with Crippen LogP contribution in [0.2, 0.25) is 0 Å². The molecule has 1 N–H and O–H groups in total. The number of nitrogens with one attached hydrogen (secondary N) is 1. The summed E-state index contributed by atoms with van der Waals surface area (Å²) in [6, 6.07) is 3.91. The van der Waals surface area contributed by atoms with Crippen LogP contribution in [0.3, 0.4) is 0 Å². The smallest absolute Gasteiger partial charge is 0.250 e. The second kappa shape index (κ2) is 7.16. The molecule has 2 aromatic rings. The zero-order valence-electron chi connectivity index (χ0n) is 10.6. The number of carbonyl (C=O) groups excluding carboxylic acids is 1. The highest BCUT2D eigenvalue weighted by molar-refractivity contribution is 7.15. The van der Waals surface area contributed by atoms with Crippen molar-refractivity contribution in [3.63, 3.8) is 0 Å². The second-order valence-corrected chi connectivity index (χ2v) is 5.98. The summed E-state index contributed by atoms with van der Waals surface area (Å²) < 4.78 is 0. The van der Waals surface area contributed by atoms with E-state index in [-0.39, 0.29) is 5.91 Å². The van der Waals surface area contributed by atoms with E-state index in [2.05, 4.69) is 22.4 Å². The van der Waals surface area contributed by atoms with Gasteiger partial charge in [0.25, 0.3) is 0 Å². The molecule has 0 bridgehead atoms. The number of amides is 1. The fourth-order valence-corrected chi connectivity index (χ4v) is 2.83. The number of hydrogen-bond acceptors (Lipinski definition) is 5. The zero-order valence-corrected chi connectivity index (χ0v) is 12.3. The normalized spacial score (nSPS) is 11.0.